The predicted octanol–water partition coefficient (Wildman–Crippen LogP) is 1.40. The van der Waals surface area contributed by atoms with Crippen molar-refractivity contribution < 1.29 is 14.3 Å². The van der Waals surface area contributed by atoms with Crippen LogP contribution in [0.3, 0.4) is 0 Å². The molecule has 0 aliphatic heterocycles. The van der Waals surface area contributed by atoms with Crippen molar-refractivity contribution in [3.05, 3.63) is 42.1 Å². The van der Waals surface area contributed by atoms with Crippen LogP contribution in [0.15, 0.2) is 35.3 Å². The Kier molecular flexibility index (Phi) is 3.04. The molecular formula is C11H11N3O3. The third kappa shape index (κ3) is 2.60. The Morgan fingerprint density at radius 1 is 1.53 bits per heavy atom. The van der Waals surface area contributed by atoms with Gasteiger partial charge in [-0.25, -0.2) is 14.8 Å². The quantitative estimate of drug-likeness (QED) is 0.859. The largest absolute Gasteiger partial charge is 0.477 e. The fourth-order valence-corrected chi connectivity index (χ4v) is 1.38. The van der Waals surface area contributed by atoms with Crippen LogP contribution < -0.4 is 4.90 Å². The van der Waals surface area contributed by atoms with Crippen molar-refractivity contribution in [3.8, 4) is 0 Å². The van der Waals surface area contributed by atoms with Crippen LogP contribution in [0.2, 0.25) is 0 Å². The number of rotatable bonds is 4. The number of hydrogen-bond donors (Lipinski definition) is 1. The van der Waals surface area contributed by atoms with E-state index in [-0.39, 0.29) is 5.69 Å². The molecule has 6 heteroatoms. The zero-order chi connectivity index (χ0) is 12.3. The van der Waals surface area contributed by atoms with Crippen LogP contribution >= 0.6 is 0 Å². The number of nitrogens with zero attached hydrogens (tertiary/aromatic N) is 3. The number of hydrogen-bond acceptors (Lipinski definition) is 5. The molecule has 0 spiro atoms. The average Bonchev–Trinajstić information content (AvgIpc) is 2.82. The lowest BCUT2D eigenvalue weighted by Gasteiger charge is -2.15. The first-order valence-corrected chi connectivity index (χ1v) is 4.95. The highest BCUT2D eigenvalue weighted by Gasteiger charge is 2.10. The molecule has 0 amide bonds. The Balaban J connectivity index is 2.16. The number of carbonyl (C=O) groups is 1. The zero-order valence-corrected chi connectivity index (χ0v) is 9.20. The maximum Gasteiger partial charge on any atom is 0.354 e. The fraction of sp³-hybridized carbons (Fsp3) is 0.182. The summed E-state index contributed by atoms with van der Waals surface area (Å²) in [6, 6.07) is 3.19. The number of aromatic carboxylic acids is 1. The van der Waals surface area contributed by atoms with Gasteiger partial charge in [0.1, 0.15) is 0 Å². The van der Waals surface area contributed by atoms with Crippen molar-refractivity contribution in [3.63, 3.8) is 0 Å². The van der Waals surface area contributed by atoms with Gasteiger partial charge >= 0.3 is 5.97 Å². The number of carboxylic acids is 1. The smallest absolute Gasteiger partial charge is 0.354 e. The summed E-state index contributed by atoms with van der Waals surface area (Å²) in [5.74, 6) is -0.698. The molecule has 2 heterocycles. The summed E-state index contributed by atoms with van der Waals surface area (Å²) in [5.41, 5.74) is 0.950. The molecule has 0 bridgehead atoms. The summed E-state index contributed by atoms with van der Waals surface area (Å²) in [6.45, 7) is 0.555. The lowest BCUT2D eigenvalue weighted by molar-refractivity contribution is 0.0690. The molecule has 0 aliphatic rings. The molecule has 0 aliphatic carbocycles. The van der Waals surface area contributed by atoms with Gasteiger partial charge in [-0.1, -0.05) is 0 Å². The molecule has 0 saturated carbocycles. The Bertz CT molecular complexity index is 510. The zero-order valence-electron chi connectivity index (χ0n) is 9.20. The third-order valence-corrected chi connectivity index (χ3v) is 2.20. The Labute approximate surface area is 97.5 Å². The van der Waals surface area contributed by atoms with Gasteiger partial charge in [0, 0.05) is 25.4 Å². The van der Waals surface area contributed by atoms with Gasteiger partial charge in [0.25, 0.3) is 0 Å². The van der Waals surface area contributed by atoms with E-state index in [1.54, 1.807) is 24.5 Å². The van der Waals surface area contributed by atoms with Crippen molar-refractivity contribution in [2.75, 3.05) is 11.9 Å². The van der Waals surface area contributed by atoms with E-state index in [2.05, 4.69) is 9.97 Å². The minimum atomic E-state index is -1.06. The van der Waals surface area contributed by atoms with Crippen molar-refractivity contribution in [2.45, 2.75) is 6.54 Å². The fourth-order valence-electron chi connectivity index (χ4n) is 1.38. The average molecular weight is 233 g/mol. The molecule has 1 N–H and O–H groups in total. The van der Waals surface area contributed by atoms with E-state index < -0.39 is 5.97 Å². The Morgan fingerprint density at radius 3 is 3.00 bits per heavy atom. The highest BCUT2D eigenvalue weighted by molar-refractivity contribution is 5.85. The highest BCUT2D eigenvalue weighted by atomic mass is 16.4. The summed E-state index contributed by atoms with van der Waals surface area (Å²) in [6.07, 6.45) is 4.63. The number of furan rings is 1. The first kappa shape index (κ1) is 11.1. The van der Waals surface area contributed by atoms with Gasteiger partial charge in [-0.2, -0.15) is 0 Å². The minimum absolute atomic E-state index is 0.0194. The number of aromatic nitrogens is 2. The molecule has 6 nitrogen and oxygen atoms in total. The van der Waals surface area contributed by atoms with Gasteiger partial charge < -0.3 is 14.4 Å². The number of anilines is 1. The van der Waals surface area contributed by atoms with Gasteiger partial charge in [-0.05, 0) is 12.1 Å². The maximum absolute atomic E-state index is 10.8. The second kappa shape index (κ2) is 4.65. The Hall–Kier alpha value is -2.37. The SMILES string of the molecule is CN(Cc1ccoc1)c1nccc(C(=O)O)n1. The van der Waals surface area contributed by atoms with E-state index >= 15 is 0 Å². The van der Waals surface area contributed by atoms with Gasteiger partial charge in [-0.15, -0.1) is 0 Å². The summed E-state index contributed by atoms with van der Waals surface area (Å²) in [5, 5.41) is 8.82. The summed E-state index contributed by atoms with van der Waals surface area (Å²) < 4.78 is 4.95. The molecule has 0 unspecified atom stereocenters. The number of carboxylic acid groups (broad SMARTS) is 1. The summed E-state index contributed by atoms with van der Waals surface area (Å²) >= 11 is 0. The van der Waals surface area contributed by atoms with E-state index in [0.29, 0.717) is 12.5 Å². The summed E-state index contributed by atoms with van der Waals surface area (Å²) in [7, 11) is 1.79. The van der Waals surface area contributed by atoms with E-state index in [4.69, 9.17) is 9.52 Å². The molecule has 17 heavy (non-hydrogen) atoms. The second-order valence-corrected chi connectivity index (χ2v) is 3.53. The van der Waals surface area contributed by atoms with Crippen LogP contribution in [0.4, 0.5) is 5.95 Å². The molecule has 2 aromatic rings. The molecule has 2 aromatic heterocycles. The topological polar surface area (TPSA) is 79.5 Å². The first-order chi connectivity index (χ1) is 8.16. The van der Waals surface area contributed by atoms with E-state index in [0.717, 1.165) is 5.56 Å². The normalized spacial score (nSPS) is 10.2. The van der Waals surface area contributed by atoms with E-state index in [1.165, 1.54) is 12.3 Å². The third-order valence-electron chi connectivity index (χ3n) is 2.20. The van der Waals surface area contributed by atoms with Crippen LogP contribution in [0.1, 0.15) is 16.1 Å². The van der Waals surface area contributed by atoms with Crippen molar-refractivity contribution >= 4 is 11.9 Å². The highest BCUT2D eigenvalue weighted by Crippen LogP contribution is 2.10. The van der Waals surface area contributed by atoms with Crippen LogP contribution in [-0.4, -0.2) is 28.1 Å². The molecule has 0 saturated heterocycles. The molecule has 0 fully saturated rings. The second-order valence-electron chi connectivity index (χ2n) is 3.53. The maximum atomic E-state index is 10.8. The van der Waals surface area contributed by atoms with Crippen molar-refractivity contribution in [1.29, 1.82) is 0 Å². The van der Waals surface area contributed by atoms with Crippen LogP contribution in [0.5, 0.6) is 0 Å². The monoisotopic (exact) mass is 233 g/mol. The van der Waals surface area contributed by atoms with Gasteiger partial charge in [0.05, 0.1) is 12.5 Å². The first-order valence-electron chi connectivity index (χ1n) is 4.95. The van der Waals surface area contributed by atoms with E-state index in [9.17, 15) is 4.79 Å². The summed E-state index contributed by atoms with van der Waals surface area (Å²) in [4.78, 5) is 20.5. The van der Waals surface area contributed by atoms with Crippen molar-refractivity contribution in [2.24, 2.45) is 0 Å². The molecular weight excluding hydrogens is 222 g/mol. The molecule has 0 radical (unpaired) electrons. The predicted molar refractivity (Wildman–Crippen MR) is 59.8 cm³/mol. The molecule has 0 atom stereocenters. The standard InChI is InChI=1S/C11H11N3O3/c1-14(6-8-3-5-17-7-8)11-12-4-2-9(13-11)10(15)16/h2-5,7H,6H2,1H3,(H,15,16). The molecule has 88 valence electrons. The Morgan fingerprint density at radius 2 is 2.35 bits per heavy atom. The minimum Gasteiger partial charge on any atom is -0.477 e. The van der Waals surface area contributed by atoms with Gasteiger partial charge in [-0.3, -0.25) is 0 Å². The van der Waals surface area contributed by atoms with Crippen LogP contribution in [0, 0.1) is 0 Å². The molecule has 2 rings (SSSR count). The van der Waals surface area contributed by atoms with Gasteiger partial charge in [0.2, 0.25) is 5.95 Å². The molecule has 0 aromatic carbocycles. The van der Waals surface area contributed by atoms with Crippen molar-refractivity contribution in [1.82, 2.24) is 9.97 Å². The van der Waals surface area contributed by atoms with E-state index in [1.807, 2.05) is 6.07 Å². The lowest BCUT2D eigenvalue weighted by Crippen LogP contribution is -2.19. The lowest BCUT2D eigenvalue weighted by atomic mass is 10.3. The van der Waals surface area contributed by atoms with Crippen LogP contribution in [0.25, 0.3) is 0 Å². The van der Waals surface area contributed by atoms with Crippen LogP contribution in [-0.2, 0) is 6.54 Å². The van der Waals surface area contributed by atoms with Gasteiger partial charge in [0.15, 0.2) is 5.69 Å².